The van der Waals surface area contributed by atoms with Gasteiger partial charge in [0.05, 0.1) is 15.5 Å². The van der Waals surface area contributed by atoms with E-state index in [1.54, 1.807) is 23.9 Å². The summed E-state index contributed by atoms with van der Waals surface area (Å²) in [5, 5.41) is 4.09. The highest BCUT2D eigenvalue weighted by molar-refractivity contribution is 7.89. The standard InChI is InChI=1S/C17H22ClN5O4S/c1-21(2)17-19-15(27-20-17)14-6-5-9-23(14)16(24)12-10-11(7-8-13(12)18)28(25,26)22(3)4/h7-8,10,14H,5-6,9H2,1-4H3/t14-/m0/s1. The molecule has 0 bridgehead atoms. The smallest absolute Gasteiger partial charge is 0.265 e. The van der Waals surface area contributed by atoms with Gasteiger partial charge in [0.2, 0.25) is 10.0 Å². The maximum absolute atomic E-state index is 13.2. The molecule has 0 aliphatic carbocycles. The number of amides is 1. The first kappa shape index (κ1) is 20.6. The van der Waals surface area contributed by atoms with Gasteiger partial charge in [0, 0.05) is 34.7 Å². The normalized spacial score (nSPS) is 17.4. The van der Waals surface area contributed by atoms with Crippen molar-refractivity contribution in [1.82, 2.24) is 19.3 Å². The summed E-state index contributed by atoms with van der Waals surface area (Å²) in [5.41, 5.74) is 0.129. The molecule has 1 atom stereocenters. The number of aromatic nitrogens is 2. The van der Waals surface area contributed by atoms with E-state index in [0.717, 1.165) is 10.7 Å². The minimum absolute atomic E-state index is 0.00804. The molecular formula is C17H22ClN5O4S. The van der Waals surface area contributed by atoms with Crippen LogP contribution in [0.3, 0.4) is 0 Å². The molecule has 1 fully saturated rings. The van der Waals surface area contributed by atoms with E-state index in [2.05, 4.69) is 10.1 Å². The molecule has 1 saturated heterocycles. The fraction of sp³-hybridized carbons (Fsp3) is 0.471. The zero-order valence-electron chi connectivity index (χ0n) is 16.1. The van der Waals surface area contributed by atoms with Crippen LogP contribution in [0.2, 0.25) is 5.02 Å². The molecule has 1 amide bonds. The summed E-state index contributed by atoms with van der Waals surface area (Å²) in [4.78, 5) is 20.8. The van der Waals surface area contributed by atoms with Gasteiger partial charge < -0.3 is 14.3 Å². The van der Waals surface area contributed by atoms with Gasteiger partial charge in [-0.05, 0) is 36.2 Å². The Hall–Kier alpha value is -2.17. The lowest BCUT2D eigenvalue weighted by atomic mass is 10.1. The molecule has 1 aromatic heterocycles. The number of hydrogen-bond acceptors (Lipinski definition) is 7. The van der Waals surface area contributed by atoms with Crippen LogP contribution >= 0.6 is 11.6 Å². The fourth-order valence-electron chi connectivity index (χ4n) is 3.00. The van der Waals surface area contributed by atoms with Crippen molar-refractivity contribution in [2.24, 2.45) is 0 Å². The molecule has 9 nitrogen and oxygen atoms in total. The fourth-order valence-corrected chi connectivity index (χ4v) is 4.13. The Morgan fingerprint density at radius 3 is 2.61 bits per heavy atom. The van der Waals surface area contributed by atoms with Crippen LogP contribution in [0.5, 0.6) is 0 Å². The van der Waals surface area contributed by atoms with Gasteiger partial charge in [-0.3, -0.25) is 4.79 Å². The molecule has 11 heteroatoms. The summed E-state index contributed by atoms with van der Waals surface area (Å²) < 4.78 is 31.2. The van der Waals surface area contributed by atoms with Crippen molar-refractivity contribution in [2.45, 2.75) is 23.8 Å². The number of halogens is 1. The summed E-state index contributed by atoms with van der Waals surface area (Å²) in [7, 11) is 2.76. The molecule has 0 radical (unpaired) electrons. The lowest BCUT2D eigenvalue weighted by molar-refractivity contribution is 0.0710. The first-order valence-electron chi connectivity index (χ1n) is 8.67. The Balaban J connectivity index is 1.94. The molecule has 152 valence electrons. The van der Waals surface area contributed by atoms with Crippen molar-refractivity contribution >= 4 is 33.5 Å². The lowest BCUT2D eigenvalue weighted by Crippen LogP contribution is -2.31. The Labute approximate surface area is 168 Å². The molecule has 1 aliphatic heterocycles. The molecule has 0 saturated carbocycles. The first-order valence-corrected chi connectivity index (χ1v) is 10.5. The number of carbonyl (C=O) groups is 1. The topological polar surface area (TPSA) is 99.8 Å². The number of sulfonamides is 1. The van der Waals surface area contributed by atoms with Gasteiger partial charge in [-0.1, -0.05) is 11.6 Å². The van der Waals surface area contributed by atoms with Crippen LogP contribution in [0.25, 0.3) is 0 Å². The van der Waals surface area contributed by atoms with E-state index in [9.17, 15) is 13.2 Å². The van der Waals surface area contributed by atoms with E-state index in [0.29, 0.717) is 24.8 Å². The Morgan fingerprint density at radius 2 is 2.00 bits per heavy atom. The second kappa shape index (κ2) is 7.69. The van der Waals surface area contributed by atoms with Gasteiger partial charge in [0.25, 0.3) is 17.7 Å². The highest BCUT2D eigenvalue weighted by Crippen LogP contribution is 2.34. The maximum atomic E-state index is 13.2. The van der Waals surface area contributed by atoms with Gasteiger partial charge in [-0.2, -0.15) is 4.98 Å². The van der Waals surface area contributed by atoms with Crippen LogP contribution in [-0.2, 0) is 10.0 Å². The highest BCUT2D eigenvalue weighted by Gasteiger charge is 2.36. The van der Waals surface area contributed by atoms with E-state index in [1.807, 2.05) is 0 Å². The minimum atomic E-state index is -3.69. The number of likely N-dealkylation sites (tertiary alicyclic amines) is 1. The molecule has 0 N–H and O–H groups in total. The summed E-state index contributed by atoms with van der Waals surface area (Å²) in [5.74, 6) is 0.405. The summed E-state index contributed by atoms with van der Waals surface area (Å²) >= 11 is 6.22. The second-order valence-electron chi connectivity index (χ2n) is 6.91. The molecule has 0 unspecified atom stereocenters. The van der Waals surface area contributed by atoms with Gasteiger partial charge in [0.1, 0.15) is 6.04 Å². The van der Waals surface area contributed by atoms with Gasteiger partial charge in [0.15, 0.2) is 0 Å². The van der Waals surface area contributed by atoms with E-state index in [-0.39, 0.29) is 27.4 Å². The number of carbonyl (C=O) groups excluding carboxylic acids is 1. The predicted molar refractivity (Wildman–Crippen MR) is 104 cm³/mol. The SMILES string of the molecule is CN(C)c1noc([C@@H]2CCCN2C(=O)c2cc(S(=O)(=O)N(C)C)ccc2Cl)n1. The molecular weight excluding hydrogens is 406 g/mol. The number of hydrogen-bond donors (Lipinski definition) is 0. The summed E-state index contributed by atoms with van der Waals surface area (Å²) in [6, 6.07) is 3.75. The largest absolute Gasteiger partial charge is 0.344 e. The van der Waals surface area contributed by atoms with Crippen molar-refractivity contribution in [1.29, 1.82) is 0 Å². The Kier molecular flexibility index (Phi) is 5.64. The quantitative estimate of drug-likeness (QED) is 0.719. The van der Waals surface area contributed by atoms with Crippen molar-refractivity contribution in [3.05, 3.63) is 34.7 Å². The van der Waals surface area contributed by atoms with Gasteiger partial charge >= 0.3 is 0 Å². The average molecular weight is 428 g/mol. The highest BCUT2D eigenvalue weighted by atomic mass is 35.5. The van der Waals surface area contributed by atoms with Crippen LogP contribution in [-0.4, -0.2) is 68.4 Å². The zero-order chi connectivity index (χ0) is 20.6. The minimum Gasteiger partial charge on any atom is -0.344 e. The monoisotopic (exact) mass is 427 g/mol. The summed E-state index contributed by atoms with van der Waals surface area (Å²) in [6.45, 7) is 0.490. The summed E-state index contributed by atoms with van der Waals surface area (Å²) in [6.07, 6.45) is 1.44. The van der Waals surface area contributed by atoms with Crippen LogP contribution in [0.15, 0.2) is 27.6 Å². The van der Waals surface area contributed by atoms with Crippen molar-refractivity contribution in [3.8, 4) is 0 Å². The Morgan fingerprint density at radius 1 is 1.29 bits per heavy atom. The third-order valence-corrected chi connectivity index (χ3v) is 6.72. The second-order valence-corrected chi connectivity index (χ2v) is 9.47. The van der Waals surface area contributed by atoms with Crippen molar-refractivity contribution in [2.75, 3.05) is 39.6 Å². The van der Waals surface area contributed by atoms with Gasteiger partial charge in [-0.25, -0.2) is 12.7 Å². The zero-order valence-corrected chi connectivity index (χ0v) is 17.7. The molecule has 0 spiro atoms. The number of rotatable bonds is 5. The predicted octanol–water partition coefficient (Wildman–Crippen LogP) is 2.02. The van der Waals surface area contributed by atoms with Crippen LogP contribution in [0.4, 0.5) is 5.95 Å². The van der Waals surface area contributed by atoms with E-state index in [4.69, 9.17) is 16.1 Å². The van der Waals surface area contributed by atoms with Crippen LogP contribution < -0.4 is 4.90 Å². The molecule has 3 rings (SSSR count). The first-order chi connectivity index (χ1) is 13.1. The third kappa shape index (κ3) is 3.71. The average Bonchev–Trinajstić information content (AvgIpc) is 3.30. The van der Waals surface area contributed by atoms with E-state index < -0.39 is 10.0 Å². The van der Waals surface area contributed by atoms with E-state index >= 15 is 0 Å². The molecule has 2 heterocycles. The molecule has 28 heavy (non-hydrogen) atoms. The van der Waals surface area contributed by atoms with Gasteiger partial charge in [-0.15, -0.1) is 0 Å². The number of nitrogens with zero attached hydrogens (tertiary/aromatic N) is 5. The van der Waals surface area contributed by atoms with Crippen LogP contribution in [0.1, 0.15) is 35.1 Å². The lowest BCUT2D eigenvalue weighted by Gasteiger charge is -2.23. The maximum Gasteiger partial charge on any atom is 0.265 e. The molecule has 2 aromatic rings. The molecule has 1 aliphatic rings. The van der Waals surface area contributed by atoms with Crippen molar-refractivity contribution < 1.29 is 17.7 Å². The number of benzene rings is 1. The molecule has 1 aromatic carbocycles. The van der Waals surface area contributed by atoms with E-state index in [1.165, 1.54) is 32.3 Å². The van der Waals surface area contributed by atoms with Crippen LogP contribution in [0, 0.1) is 0 Å². The Bertz CT molecular complexity index is 989. The third-order valence-electron chi connectivity index (χ3n) is 4.58. The number of anilines is 1. The van der Waals surface area contributed by atoms with Crippen molar-refractivity contribution in [3.63, 3.8) is 0 Å².